The molecule has 0 amide bonds. The van der Waals surface area contributed by atoms with Gasteiger partial charge in [0.2, 0.25) is 0 Å². The lowest BCUT2D eigenvalue weighted by Crippen LogP contribution is -2.14. The third-order valence-corrected chi connectivity index (χ3v) is 9.16. The predicted octanol–water partition coefficient (Wildman–Crippen LogP) is 9.85. The number of hydrogen-bond donors (Lipinski definition) is 0. The van der Waals surface area contributed by atoms with Crippen LogP contribution in [-0.4, -0.2) is 14.5 Å². The van der Waals surface area contributed by atoms with Crippen LogP contribution in [0.25, 0.3) is 71.8 Å². The predicted molar refractivity (Wildman–Crippen MR) is 174 cm³/mol. The minimum Gasteiger partial charge on any atom is -0.292 e. The monoisotopic (exact) mass is 537 g/mol. The lowest BCUT2D eigenvalue weighted by atomic mass is 9.82. The SMILES string of the molecule is CC1(C)c2ccccc2-c2cc(-c3nc4ccccc4nc3-n3c4ccccc4c4cc5ccccc5cc43)ccc21. The second-order valence-corrected chi connectivity index (χ2v) is 11.9. The first-order valence-electron chi connectivity index (χ1n) is 14.5. The highest BCUT2D eigenvalue weighted by Gasteiger charge is 2.35. The number of aromatic nitrogens is 3. The summed E-state index contributed by atoms with van der Waals surface area (Å²) in [7, 11) is 0. The minimum absolute atomic E-state index is 0.0454. The van der Waals surface area contributed by atoms with Gasteiger partial charge in [-0.05, 0) is 69.4 Å². The second kappa shape index (κ2) is 8.37. The standard InChI is InChI=1S/C39H27N3/c1-39(2)31-15-7-5-13-27(31)29-22-26(19-20-32(29)39)37-38(41-34-17-9-8-16-33(34)40-37)42-35-18-10-6-14-28(35)30-21-24-11-3-4-12-25(24)23-36(30)42/h3-23H,1-2H3. The molecule has 0 radical (unpaired) electrons. The maximum absolute atomic E-state index is 5.34. The summed E-state index contributed by atoms with van der Waals surface area (Å²) in [4.78, 5) is 10.7. The lowest BCUT2D eigenvalue weighted by Gasteiger charge is -2.21. The molecule has 0 atom stereocenters. The minimum atomic E-state index is -0.0454. The number of rotatable bonds is 2. The molecular weight excluding hydrogens is 510 g/mol. The summed E-state index contributed by atoms with van der Waals surface area (Å²) in [6.45, 7) is 4.64. The smallest absolute Gasteiger partial charge is 0.165 e. The van der Waals surface area contributed by atoms with Crippen LogP contribution in [0.5, 0.6) is 0 Å². The average Bonchev–Trinajstić information content (AvgIpc) is 3.47. The lowest BCUT2D eigenvalue weighted by molar-refractivity contribution is 0.660. The fourth-order valence-corrected chi connectivity index (χ4v) is 7.09. The van der Waals surface area contributed by atoms with Crippen LogP contribution in [-0.2, 0) is 5.41 Å². The molecule has 3 heteroatoms. The molecule has 0 spiro atoms. The first kappa shape index (κ1) is 23.4. The van der Waals surface area contributed by atoms with Crippen LogP contribution in [0.15, 0.2) is 127 Å². The summed E-state index contributed by atoms with van der Waals surface area (Å²) < 4.78 is 2.32. The third-order valence-electron chi connectivity index (χ3n) is 9.16. The normalized spacial score (nSPS) is 13.7. The molecule has 0 N–H and O–H groups in total. The molecule has 0 fully saturated rings. The van der Waals surface area contributed by atoms with Crippen molar-refractivity contribution in [2.24, 2.45) is 0 Å². The Kier molecular flexibility index (Phi) is 4.67. The molecule has 1 aliphatic carbocycles. The third kappa shape index (κ3) is 3.16. The molecule has 0 unspecified atom stereocenters. The molecular formula is C39H27N3. The maximum atomic E-state index is 5.34. The summed E-state index contributed by atoms with van der Waals surface area (Å²) in [5, 5.41) is 4.87. The van der Waals surface area contributed by atoms with Crippen molar-refractivity contribution in [2.45, 2.75) is 19.3 Å². The van der Waals surface area contributed by atoms with Crippen molar-refractivity contribution in [2.75, 3.05) is 0 Å². The number of benzene rings is 6. The van der Waals surface area contributed by atoms with Gasteiger partial charge in [0.25, 0.3) is 0 Å². The van der Waals surface area contributed by atoms with E-state index in [0.717, 1.165) is 39.1 Å². The zero-order valence-corrected chi connectivity index (χ0v) is 23.5. The molecule has 2 aromatic heterocycles. The van der Waals surface area contributed by atoms with Crippen molar-refractivity contribution >= 4 is 43.6 Å². The quantitative estimate of drug-likeness (QED) is 0.220. The van der Waals surface area contributed by atoms with E-state index in [1.54, 1.807) is 0 Å². The molecule has 198 valence electrons. The zero-order chi connectivity index (χ0) is 28.0. The Morgan fingerprint density at radius 1 is 0.524 bits per heavy atom. The van der Waals surface area contributed by atoms with Gasteiger partial charge in [0.15, 0.2) is 5.82 Å². The molecule has 0 saturated carbocycles. The van der Waals surface area contributed by atoms with Crippen molar-refractivity contribution in [3.05, 3.63) is 139 Å². The highest BCUT2D eigenvalue weighted by molar-refractivity contribution is 6.14. The van der Waals surface area contributed by atoms with E-state index in [1.165, 1.54) is 43.8 Å². The first-order valence-corrected chi connectivity index (χ1v) is 14.5. The number of hydrogen-bond acceptors (Lipinski definition) is 2. The van der Waals surface area contributed by atoms with E-state index in [1.807, 2.05) is 12.1 Å². The Morgan fingerprint density at radius 2 is 1.19 bits per heavy atom. The van der Waals surface area contributed by atoms with Crippen LogP contribution in [0.4, 0.5) is 0 Å². The molecule has 1 aliphatic rings. The van der Waals surface area contributed by atoms with Gasteiger partial charge >= 0.3 is 0 Å². The van der Waals surface area contributed by atoms with Crippen LogP contribution in [0.2, 0.25) is 0 Å². The van der Waals surface area contributed by atoms with E-state index in [2.05, 4.69) is 134 Å². The van der Waals surface area contributed by atoms with E-state index < -0.39 is 0 Å². The van der Waals surface area contributed by atoms with Crippen molar-refractivity contribution in [1.82, 2.24) is 14.5 Å². The van der Waals surface area contributed by atoms with E-state index in [4.69, 9.17) is 9.97 Å². The molecule has 6 aromatic carbocycles. The Hall–Kier alpha value is -5.28. The molecule has 8 aromatic rings. The fourth-order valence-electron chi connectivity index (χ4n) is 7.09. The molecule has 3 nitrogen and oxygen atoms in total. The number of para-hydroxylation sites is 3. The topological polar surface area (TPSA) is 30.7 Å². The van der Waals surface area contributed by atoms with Crippen molar-refractivity contribution in [3.63, 3.8) is 0 Å². The van der Waals surface area contributed by atoms with Crippen LogP contribution in [0, 0.1) is 0 Å². The molecule has 9 rings (SSSR count). The van der Waals surface area contributed by atoms with Gasteiger partial charge in [0.1, 0.15) is 5.69 Å². The molecule has 0 saturated heterocycles. The maximum Gasteiger partial charge on any atom is 0.165 e. The summed E-state index contributed by atoms with van der Waals surface area (Å²) in [6.07, 6.45) is 0. The summed E-state index contributed by atoms with van der Waals surface area (Å²) >= 11 is 0. The Bertz CT molecular complexity index is 2390. The van der Waals surface area contributed by atoms with E-state index in [9.17, 15) is 0 Å². The van der Waals surface area contributed by atoms with E-state index in [0.29, 0.717) is 0 Å². The van der Waals surface area contributed by atoms with Gasteiger partial charge in [-0.15, -0.1) is 0 Å². The number of fused-ring (bicyclic) bond motifs is 8. The van der Waals surface area contributed by atoms with E-state index in [-0.39, 0.29) is 5.41 Å². The van der Waals surface area contributed by atoms with Crippen molar-refractivity contribution in [1.29, 1.82) is 0 Å². The highest BCUT2D eigenvalue weighted by Crippen LogP contribution is 2.49. The van der Waals surface area contributed by atoms with Gasteiger partial charge in [0.05, 0.1) is 22.1 Å². The average molecular weight is 538 g/mol. The molecule has 0 aliphatic heterocycles. The van der Waals surface area contributed by atoms with Crippen LogP contribution >= 0.6 is 0 Å². The van der Waals surface area contributed by atoms with Crippen molar-refractivity contribution < 1.29 is 0 Å². The van der Waals surface area contributed by atoms with Gasteiger partial charge in [-0.3, -0.25) is 4.57 Å². The van der Waals surface area contributed by atoms with E-state index >= 15 is 0 Å². The summed E-state index contributed by atoms with van der Waals surface area (Å²) in [5.74, 6) is 0.848. The zero-order valence-electron chi connectivity index (χ0n) is 23.5. The summed E-state index contributed by atoms with van der Waals surface area (Å²) in [5.41, 5.74) is 11.3. The Morgan fingerprint density at radius 3 is 2.05 bits per heavy atom. The van der Waals surface area contributed by atoms with Gasteiger partial charge in [-0.25, -0.2) is 9.97 Å². The Balaban J connectivity index is 1.39. The van der Waals surface area contributed by atoms with Gasteiger partial charge < -0.3 is 0 Å². The fraction of sp³-hybridized carbons (Fsp3) is 0.0769. The van der Waals surface area contributed by atoms with Gasteiger partial charge in [0, 0.05) is 21.8 Å². The largest absolute Gasteiger partial charge is 0.292 e. The molecule has 2 heterocycles. The Labute approximate surface area is 243 Å². The molecule has 42 heavy (non-hydrogen) atoms. The van der Waals surface area contributed by atoms with Crippen LogP contribution < -0.4 is 0 Å². The van der Waals surface area contributed by atoms with Gasteiger partial charge in [-0.2, -0.15) is 0 Å². The van der Waals surface area contributed by atoms with Crippen LogP contribution in [0.1, 0.15) is 25.0 Å². The second-order valence-electron chi connectivity index (χ2n) is 11.9. The highest BCUT2D eigenvalue weighted by atomic mass is 15.1. The van der Waals surface area contributed by atoms with Crippen molar-refractivity contribution in [3.8, 4) is 28.2 Å². The first-order chi connectivity index (χ1) is 20.6. The molecule has 0 bridgehead atoms. The van der Waals surface area contributed by atoms with Gasteiger partial charge in [-0.1, -0.05) is 105 Å². The van der Waals surface area contributed by atoms with Crippen LogP contribution in [0.3, 0.4) is 0 Å². The number of nitrogens with zero attached hydrogens (tertiary/aromatic N) is 3. The summed E-state index contributed by atoms with van der Waals surface area (Å²) in [6, 6.07) is 45.7.